The van der Waals surface area contributed by atoms with E-state index in [0.717, 1.165) is 16.9 Å². The van der Waals surface area contributed by atoms with Crippen molar-refractivity contribution in [1.82, 2.24) is 5.32 Å². The lowest BCUT2D eigenvalue weighted by molar-refractivity contribution is -0.133. The van der Waals surface area contributed by atoms with Crippen molar-refractivity contribution in [1.29, 1.82) is 0 Å². The number of piperazine rings is 1. The Hall–Kier alpha value is -2.04. The van der Waals surface area contributed by atoms with Crippen LogP contribution in [0.4, 0.5) is 11.4 Å². The van der Waals surface area contributed by atoms with Crippen LogP contribution in [-0.4, -0.2) is 38.0 Å². The second kappa shape index (κ2) is 5.76. The Morgan fingerprint density at radius 3 is 2.52 bits per heavy atom. The first-order chi connectivity index (χ1) is 9.86. The van der Waals surface area contributed by atoms with Gasteiger partial charge in [0.05, 0.1) is 0 Å². The van der Waals surface area contributed by atoms with Crippen molar-refractivity contribution >= 4 is 23.2 Å². The number of carbonyl (C=O) groups excluding carboxylic acids is 2. The third-order valence-corrected chi connectivity index (χ3v) is 3.98. The molecule has 1 aliphatic heterocycles. The van der Waals surface area contributed by atoms with Gasteiger partial charge in [0.25, 0.3) is 0 Å². The fourth-order valence-electron chi connectivity index (χ4n) is 2.69. The van der Waals surface area contributed by atoms with Gasteiger partial charge in [0, 0.05) is 25.5 Å². The van der Waals surface area contributed by atoms with Crippen LogP contribution in [0.25, 0.3) is 0 Å². The molecule has 114 valence electrons. The number of anilines is 2. The monoisotopic (exact) mass is 289 g/mol. The summed E-state index contributed by atoms with van der Waals surface area (Å²) in [5, 5.41) is 2.77. The van der Waals surface area contributed by atoms with Gasteiger partial charge in [-0.1, -0.05) is 13.0 Å². The zero-order chi connectivity index (χ0) is 15.7. The molecule has 0 saturated carbocycles. The number of benzene rings is 1. The van der Waals surface area contributed by atoms with E-state index in [1.165, 1.54) is 0 Å². The maximum atomic E-state index is 12.6. The molecule has 21 heavy (non-hydrogen) atoms. The van der Waals surface area contributed by atoms with Crippen molar-refractivity contribution in [2.75, 3.05) is 23.9 Å². The summed E-state index contributed by atoms with van der Waals surface area (Å²) in [5.74, 6) is -0.147. The molecule has 0 aromatic heterocycles. The van der Waals surface area contributed by atoms with Gasteiger partial charge < -0.3 is 10.2 Å². The first kappa shape index (κ1) is 15.4. The van der Waals surface area contributed by atoms with E-state index in [2.05, 4.69) is 5.32 Å². The van der Waals surface area contributed by atoms with Gasteiger partial charge in [0.1, 0.15) is 12.1 Å². The van der Waals surface area contributed by atoms with Gasteiger partial charge in [-0.15, -0.1) is 0 Å². The predicted octanol–water partition coefficient (Wildman–Crippen LogP) is 1.69. The van der Waals surface area contributed by atoms with Crippen molar-refractivity contribution in [2.24, 2.45) is 0 Å². The summed E-state index contributed by atoms with van der Waals surface area (Å²) in [4.78, 5) is 28.3. The Kier molecular flexibility index (Phi) is 4.21. The highest BCUT2D eigenvalue weighted by atomic mass is 16.2. The molecule has 2 unspecified atom stereocenters. The van der Waals surface area contributed by atoms with Gasteiger partial charge in [-0.25, -0.2) is 0 Å². The Bertz CT molecular complexity index is 569. The molecule has 2 rings (SSSR count). The maximum Gasteiger partial charge on any atom is 0.250 e. The third-order valence-electron chi connectivity index (χ3n) is 3.98. The lowest BCUT2D eigenvalue weighted by Crippen LogP contribution is -2.62. The molecule has 1 heterocycles. The molecule has 2 amide bonds. The Morgan fingerprint density at radius 1 is 1.29 bits per heavy atom. The van der Waals surface area contributed by atoms with E-state index in [4.69, 9.17) is 0 Å². The lowest BCUT2D eigenvalue weighted by atomic mass is 10.0. The van der Waals surface area contributed by atoms with E-state index in [1.807, 2.05) is 51.0 Å². The first-order valence-electron chi connectivity index (χ1n) is 7.28. The summed E-state index contributed by atoms with van der Waals surface area (Å²) in [6, 6.07) is 4.94. The van der Waals surface area contributed by atoms with Crippen molar-refractivity contribution in [2.45, 2.75) is 39.3 Å². The van der Waals surface area contributed by atoms with Gasteiger partial charge in [-0.2, -0.15) is 0 Å². The topological polar surface area (TPSA) is 52.7 Å². The lowest BCUT2D eigenvalue weighted by Gasteiger charge is -2.37. The molecular weight excluding hydrogens is 266 g/mol. The fourth-order valence-corrected chi connectivity index (χ4v) is 2.69. The molecule has 0 aliphatic carbocycles. The highest BCUT2D eigenvalue weighted by Crippen LogP contribution is 2.28. The summed E-state index contributed by atoms with van der Waals surface area (Å²) in [7, 11) is 3.93. The van der Waals surface area contributed by atoms with Gasteiger partial charge >= 0.3 is 0 Å². The molecule has 5 heteroatoms. The quantitative estimate of drug-likeness (QED) is 0.921. The average molecular weight is 289 g/mol. The van der Waals surface area contributed by atoms with Crippen molar-refractivity contribution in [3.63, 3.8) is 0 Å². The van der Waals surface area contributed by atoms with Crippen molar-refractivity contribution in [3.05, 3.63) is 23.8 Å². The molecule has 0 spiro atoms. The van der Waals surface area contributed by atoms with Crippen LogP contribution in [0.2, 0.25) is 0 Å². The number of aryl methyl sites for hydroxylation is 1. The maximum absolute atomic E-state index is 12.6. The van der Waals surface area contributed by atoms with Crippen molar-refractivity contribution in [3.8, 4) is 0 Å². The molecule has 0 radical (unpaired) electrons. The minimum Gasteiger partial charge on any atom is -0.377 e. The van der Waals surface area contributed by atoms with Crippen LogP contribution in [0.15, 0.2) is 18.2 Å². The highest BCUT2D eigenvalue weighted by molar-refractivity contribution is 6.08. The molecular formula is C16H23N3O2. The van der Waals surface area contributed by atoms with Crippen LogP contribution in [0.1, 0.15) is 25.8 Å². The van der Waals surface area contributed by atoms with Crippen LogP contribution in [-0.2, 0) is 9.59 Å². The Labute approximate surface area is 125 Å². The SMILES string of the molecule is CCC1NC(=O)C(C)N(c2ccc(C)c(N(C)C)c2)C1=O. The molecule has 5 nitrogen and oxygen atoms in total. The summed E-state index contributed by atoms with van der Waals surface area (Å²) in [6.45, 7) is 5.69. The minimum absolute atomic E-state index is 0.0434. The molecule has 1 aliphatic rings. The first-order valence-corrected chi connectivity index (χ1v) is 7.28. The number of hydrogen-bond donors (Lipinski definition) is 1. The zero-order valence-electron chi connectivity index (χ0n) is 13.3. The van der Waals surface area contributed by atoms with E-state index in [-0.39, 0.29) is 11.8 Å². The fraction of sp³-hybridized carbons (Fsp3) is 0.500. The van der Waals surface area contributed by atoms with E-state index in [1.54, 1.807) is 11.8 Å². The number of hydrogen-bond acceptors (Lipinski definition) is 3. The van der Waals surface area contributed by atoms with Gasteiger partial charge in [-0.05, 0) is 38.0 Å². The summed E-state index contributed by atoms with van der Waals surface area (Å²) >= 11 is 0. The van der Waals surface area contributed by atoms with E-state index in [0.29, 0.717) is 6.42 Å². The summed E-state index contributed by atoms with van der Waals surface area (Å²) < 4.78 is 0. The molecule has 1 aromatic carbocycles. The van der Waals surface area contributed by atoms with Crippen molar-refractivity contribution < 1.29 is 9.59 Å². The van der Waals surface area contributed by atoms with Gasteiger partial charge in [0.15, 0.2) is 0 Å². The number of nitrogens with one attached hydrogen (secondary N) is 1. The summed E-state index contributed by atoms with van der Waals surface area (Å²) in [6.07, 6.45) is 0.597. The predicted molar refractivity (Wildman–Crippen MR) is 84.7 cm³/mol. The smallest absolute Gasteiger partial charge is 0.250 e. The molecule has 1 fully saturated rings. The third kappa shape index (κ3) is 2.73. The van der Waals surface area contributed by atoms with Crippen LogP contribution < -0.4 is 15.1 Å². The zero-order valence-corrected chi connectivity index (χ0v) is 13.3. The second-order valence-electron chi connectivity index (χ2n) is 5.72. The van der Waals surface area contributed by atoms with Gasteiger partial charge in [-0.3, -0.25) is 14.5 Å². The number of nitrogens with zero attached hydrogens (tertiary/aromatic N) is 2. The van der Waals surface area contributed by atoms with Crippen LogP contribution >= 0.6 is 0 Å². The number of carbonyl (C=O) groups is 2. The Balaban J connectivity index is 2.45. The van der Waals surface area contributed by atoms with E-state index in [9.17, 15) is 9.59 Å². The highest BCUT2D eigenvalue weighted by Gasteiger charge is 2.38. The van der Waals surface area contributed by atoms with Crippen LogP contribution in [0.5, 0.6) is 0 Å². The second-order valence-corrected chi connectivity index (χ2v) is 5.72. The largest absolute Gasteiger partial charge is 0.377 e. The van der Waals surface area contributed by atoms with E-state index < -0.39 is 12.1 Å². The van der Waals surface area contributed by atoms with Crippen LogP contribution in [0, 0.1) is 6.92 Å². The standard InChI is InChI=1S/C16H23N3O2/c1-6-13-16(21)19(11(3)15(20)17-13)12-8-7-10(2)14(9-12)18(4)5/h7-9,11,13H,6H2,1-5H3,(H,17,20). The normalized spacial score (nSPS) is 22.2. The van der Waals surface area contributed by atoms with E-state index >= 15 is 0 Å². The van der Waals surface area contributed by atoms with Crippen LogP contribution in [0.3, 0.4) is 0 Å². The van der Waals surface area contributed by atoms with Gasteiger partial charge in [0.2, 0.25) is 11.8 Å². The molecule has 2 atom stereocenters. The minimum atomic E-state index is -0.488. The molecule has 1 N–H and O–H groups in total. The Morgan fingerprint density at radius 2 is 1.95 bits per heavy atom. The summed E-state index contributed by atoms with van der Waals surface area (Å²) in [5.41, 5.74) is 2.96. The number of amides is 2. The molecule has 0 bridgehead atoms. The number of rotatable bonds is 3. The molecule has 1 saturated heterocycles. The average Bonchev–Trinajstić information content (AvgIpc) is 2.44. The molecule has 1 aromatic rings.